The fourth-order valence-corrected chi connectivity index (χ4v) is 2.99. The van der Waals surface area contributed by atoms with Crippen LogP contribution in [0, 0.1) is 18.7 Å². The van der Waals surface area contributed by atoms with Gasteiger partial charge in [0.2, 0.25) is 0 Å². The van der Waals surface area contributed by atoms with Crippen LogP contribution < -0.4 is 0 Å². The highest BCUT2D eigenvalue weighted by Crippen LogP contribution is 2.21. The summed E-state index contributed by atoms with van der Waals surface area (Å²) in [6, 6.07) is 1.45. The van der Waals surface area contributed by atoms with Crippen LogP contribution in [0.4, 0.5) is 4.39 Å². The molecule has 0 radical (unpaired) electrons. The van der Waals surface area contributed by atoms with Crippen molar-refractivity contribution in [1.29, 1.82) is 0 Å². The van der Waals surface area contributed by atoms with Crippen molar-refractivity contribution in [1.82, 2.24) is 19.4 Å². The van der Waals surface area contributed by atoms with Gasteiger partial charge in [-0.2, -0.15) is 0 Å². The van der Waals surface area contributed by atoms with E-state index in [9.17, 15) is 9.18 Å². The average molecular weight is 302 g/mol. The van der Waals surface area contributed by atoms with Gasteiger partial charge in [-0.15, -0.1) is 0 Å². The SMILES string of the molecule is Cc1nccn1C[C@@H]1CCCN(C(=O)c2ccncc2F)C1. The van der Waals surface area contributed by atoms with Gasteiger partial charge >= 0.3 is 0 Å². The fourth-order valence-electron chi connectivity index (χ4n) is 2.99. The minimum atomic E-state index is -0.555. The third kappa shape index (κ3) is 3.00. The zero-order chi connectivity index (χ0) is 15.5. The van der Waals surface area contributed by atoms with Gasteiger partial charge in [0.1, 0.15) is 5.82 Å². The average Bonchev–Trinajstić information content (AvgIpc) is 2.92. The Morgan fingerprint density at radius 1 is 1.45 bits per heavy atom. The molecule has 22 heavy (non-hydrogen) atoms. The van der Waals surface area contributed by atoms with Crippen LogP contribution in [0.1, 0.15) is 29.0 Å². The topological polar surface area (TPSA) is 51.0 Å². The summed E-state index contributed by atoms with van der Waals surface area (Å²) in [4.78, 5) is 22.1. The molecule has 0 N–H and O–H groups in total. The van der Waals surface area contributed by atoms with Gasteiger partial charge < -0.3 is 9.47 Å². The predicted octanol–water partition coefficient (Wildman–Crippen LogP) is 2.28. The lowest BCUT2D eigenvalue weighted by atomic mass is 9.97. The molecule has 0 aliphatic carbocycles. The quantitative estimate of drug-likeness (QED) is 0.874. The fraction of sp³-hybridized carbons (Fsp3) is 0.438. The Kier molecular flexibility index (Phi) is 4.18. The molecule has 1 atom stereocenters. The molecule has 6 heteroatoms. The van der Waals surface area contributed by atoms with Crippen molar-refractivity contribution in [3.63, 3.8) is 0 Å². The number of carbonyl (C=O) groups is 1. The summed E-state index contributed by atoms with van der Waals surface area (Å²) >= 11 is 0. The molecule has 2 aromatic rings. The summed E-state index contributed by atoms with van der Waals surface area (Å²) in [5.41, 5.74) is 0.106. The number of amides is 1. The van der Waals surface area contributed by atoms with Crippen molar-refractivity contribution in [3.05, 3.63) is 48.1 Å². The number of carbonyl (C=O) groups excluding carboxylic acids is 1. The first-order valence-corrected chi connectivity index (χ1v) is 7.51. The number of imidazole rings is 1. The number of nitrogens with zero attached hydrogens (tertiary/aromatic N) is 4. The molecule has 0 aromatic carbocycles. The van der Waals surface area contributed by atoms with Crippen molar-refractivity contribution < 1.29 is 9.18 Å². The van der Waals surface area contributed by atoms with Crippen LogP contribution in [0.15, 0.2) is 30.9 Å². The van der Waals surface area contributed by atoms with E-state index in [1.807, 2.05) is 13.1 Å². The molecule has 0 unspecified atom stereocenters. The third-order valence-corrected chi connectivity index (χ3v) is 4.19. The summed E-state index contributed by atoms with van der Waals surface area (Å²) in [6.45, 7) is 4.14. The van der Waals surface area contributed by atoms with Crippen molar-refractivity contribution in [2.24, 2.45) is 5.92 Å². The highest BCUT2D eigenvalue weighted by atomic mass is 19.1. The summed E-state index contributed by atoms with van der Waals surface area (Å²) in [5, 5.41) is 0. The van der Waals surface area contributed by atoms with Crippen LogP contribution in [0.3, 0.4) is 0 Å². The third-order valence-electron chi connectivity index (χ3n) is 4.19. The molecular formula is C16H19FN4O. The number of halogens is 1. The number of hydrogen-bond acceptors (Lipinski definition) is 3. The van der Waals surface area contributed by atoms with Gasteiger partial charge in [-0.25, -0.2) is 9.37 Å². The highest BCUT2D eigenvalue weighted by Gasteiger charge is 2.26. The molecule has 1 saturated heterocycles. The smallest absolute Gasteiger partial charge is 0.256 e. The molecule has 2 aromatic heterocycles. The Hall–Kier alpha value is -2.24. The zero-order valence-electron chi connectivity index (χ0n) is 12.6. The normalized spacial score (nSPS) is 18.5. The van der Waals surface area contributed by atoms with Crippen molar-refractivity contribution >= 4 is 5.91 Å². The maximum Gasteiger partial charge on any atom is 0.256 e. The molecule has 1 aliphatic heterocycles. The Bertz CT molecular complexity index is 670. The number of piperidine rings is 1. The Morgan fingerprint density at radius 2 is 2.32 bits per heavy atom. The monoisotopic (exact) mass is 302 g/mol. The number of likely N-dealkylation sites (tertiary alicyclic amines) is 1. The Morgan fingerprint density at radius 3 is 3.05 bits per heavy atom. The van der Waals surface area contributed by atoms with Gasteiger partial charge in [-0.05, 0) is 31.7 Å². The second kappa shape index (κ2) is 6.25. The van der Waals surface area contributed by atoms with Gasteiger partial charge in [0.05, 0.1) is 11.8 Å². The molecule has 1 aliphatic rings. The summed E-state index contributed by atoms with van der Waals surface area (Å²) in [6.07, 6.45) is 8.29. The van der Waals surface area contributed by atoms with Crippen molar-refractivity contribution in [2.45, 2.75) is 26.3 Å². The molecule has 116 valence electrons. The lowest BCUT2D eigenvalue weighted by Crippen LogP contribution is -2.41. The van der Waals surface area contributed by atoms with Gasteiger partial charge in [0, 0.05) is 38.2 Å². The Labute approximate surface area is 128 Å². The molecular weight excluding hydrogens is 283 g/mol. The maximum absolute atomic E-state index is 13.7. The molecule has 3 heterocycles. The van der Waals surface area contributed by atoms with E-state index >= 15 is 0 Å². The number of rotatable bonds is 3. The first kappa shape index (κ1) is 14.7. The van der Waals surface area contributed by atoms with E-state index in [2.05, 4.69) is 14.5 Å². The zero-order valence-corrected chi connectivity index (χ0v) is 12.6. The van der Waals surface area contributed by atoms with E-state index in [1.54, 1.807) is 11.1 Å². The first-order valence-electron chi connectivity index (χ1n) is 7.51. The number of aryl methyl sites for hydroxylation is 1. The van der Waals surface area contributed by atoms with E-state index < -0.39 is 5.82 Å². The molecule has 0 bridgehead atoms. The van der Waals surface area contributed by atoms with Crippen molar-refractivity contribution in [3.8, 4) is 0 Å². The highest BCUT2D eigenvalue weighted by molar-refractivity contribution is 5.94. The van der Waals surface area contributed by atoms with Gasteiger partial charge in [-0.1, -0.05) is 0 Å². The van der Waals surface area contributed by atoms with E-state index in [1.165, 1.54) is 12.3 Å². The minimum absolute atomic E-state index is 0.106. The largest absolute Gasteiger partial charge is 0.338 e. The number of pyridine rings is 1. The Balaban J connectivity index is 1.69. The number of aromatic nitrogens is 3. The van der Waals surface area contributed by atoms with Crippen molar-refractivity contribution in [2.75, 3.05) is 13.1 Å². The molecule has 1 amide bonds. The predicted molar refractivity (Wildman–Crippen MR) is 79.8 cm³/mol. The van der Waals surface area contributed by atoms with Gasteiger partial charge in [0.15, 0.2) is 5.82 Å². The van der Waals surface area contributed by atoms with Crippen LogP contribution in [-0.2, 0) is 6.54 Å². The second-order valence-corrected chi connectivity index (χ2v) is 5.74. The summed E-state index contributed by atoms with van der Waals surface area (Å²) in [5.74, 6) is 0.547. The first-order chi connectivity index (χ1) is 10.6. The van der Waals surface area contributed by atoms with E-state index in [-0.39, 0.29) is 11.5 Å². The van der Waals surface area contributed by atoms with Crippen LogP contribution in [0.2, 0.25) is 0 Å². The van der Waals surface area contributed by atoms with Crippen LogP contribution in [-0.4, -0.2) is 38.4 Å². The minimum Gasteiger partial charge on any atom is -0.338 e. The lowest BCUT2D eigenvalue weighted by molar-refractivity contribution is 0.0657. The standard InChI is InChI=1S/C16H19FN4O/c1-12-19-6-8-20(12)10-13-3-2-7-21(11-13)16(22)14-4-5-18-9-15(14)17/h4-6,8-9,13H,2-3,7,10-11H2,1H3/t13-/m0/s1. The lowest BCUT2D eigenvalue weighted by Gasteiger charge is -2.33. The number of hydrogen-bond donors (Lipinski definition) is 0. The van der Waals surface area contributed by atoms with Gasteiger partial charge in [0.25, 0.3) is 5.91 Å². The molecule has 3 rings (SSSR count). The maximum atomic E-state index is 13.7. The van der Waals surface area contributed by atoms with E-state index in [0.29, 0.717) is 19.0 Å². The summed E-state index contributed by atoms with van der Waals surface area (Å²) in [7, 11) is 0. The van der Waals surface area contributed by atoms with Crippen LogP contribution >= 0.6 is 0 Å². The van der Waals surface area contributed by atoms with Gasteiger partial charge in [-0.3, -0.25) is 9.78 Å². The molecule has 5 nitrogen and oxygen atoms in total. The molecule has 0 saturated carbocycles. The van der Waals surface area contributed by atoms with Crippen LogP contribution in [0.5, 0.6) is 0 Å². The summed E-state index contributed by atoms with van der Waals surface area (Å²) < 4.78 is 15.8. The van der Waals surface area contributed by atoms with E-state index in [0.717, 1.165) is 31.4 Å². The molecule has 1 fully saturated rings. The van der Waals surface area contributed by atoms with Crippen LogP contribution in [0.25, 0.3) is 0 Å². The molecule has 0 spiro atoms. The second-order valence-electron chi connectivity index (χ2n) is 5.74. The van der Waals surface area contributed by atoms with E-state index in [4.69, 9.17) is 0 Å².